The highest BCUT2D eigenvalue weighted by atomic mass is 28.4. The van der Waals surface area contributed by atoms with Crippen LogP contribution in [0.15, 0.2) is 0 Å². The first-order valence-electron chi connectivity index (χ1n) is 4.60. The van der Waals surface area contributed by atoms with Crippen molar-refractivity contribution >= 4 is 16.6 Å². The average molecular weight is 284 g/mol. The molecule has 0 saturated heterocycles. The van der Waals surface area contributed by atoms with E-state index >= 15 is 0 Å². The first-order valence-corrected chi connectivity index (χ1v) is 10.1. The molecule has 0 aliphatic heterocycles. The Bertz CT molecular complexity index is 232. The minimum atomic E-state index is -5.75. The van der Waals surface area contributed by atoms with Crippen LogP contribution in [0.2, 0.25) is 25.7 Å². The molecule has 0 aliphatic rings. The predicted molar refractivity (Wildman–Crippen MR) is 52.8 cm³/mol. The number of alkyl halides is 6. The average Bonchev–Trinajstić information content (AvgIpc) is 1.99. The van der Waals surface area contributed by atoms with Gasteiger partial charge in [-0.25, -0.2) is 0 Å². The summed E-state index contributed by atoms with van der Waals surface area (Å²) in [4.78, 5) is 0. The van der Waals surface area contributed by atoms with Gasteiger partial charge in [0.25, 0.3) is 0 Å². The smallest absolute Gasteiger partial charge is 0.421 e. The zero-order valence-electron chi connectivity index (χ0n) is 9.38. The van der Waals surface area contributed by atoms with Crippen molar-refractivity contribution in [2.24, 2.45) is 0 Å². The van der Waals surface area contributed by atoms with Crippen molar-refractivity contribution in [2.45, 2.75) is 44.2 Å². The lowest BCUT2D eigenvalue weighted by Crippen LogP contribution is -2.66. The molecule has 98 valence electrons. The van der Waals surface area contributed by atoms with Crippen LogP contribution >= 0.6 is 0 Å². The molecule has 0 heterocycles. The molecule has 0 N–H and O–H groups in total. The molecular weight excluding hydrogens is 270 g/mol. The van der Waals surface area contributed by atoms with Crippen LogP contribution in [0.3, 0.4) is 0 Å². The summed E-state index contributed by atoms with van der Waals surface area (Å²) in [5, 5.41) is 0. The molecule has 1 nitrogen and oxygen atoms in total. The highest BCUT2D eigenvalue weighted by Gasteiger charge is 2.74. The van der Waals surface area contributed by atoms with Crippen LogP contribution < -0.4 is 0 Å². The molecule has 0 atom stereocenters. The van der Waals surface area contributed by atoms with Gasteiger partial charge in [-0.3, -0.25) is 0 Å². The van der Waals surface area contributed by atoms with Gasteiger partial charge in [0, 0.05) is 0 Å². The Morgan fingerprint density at radius 1 is 0.875 bits per heavy atom. The van der Waals surface area contributed by atoms with Crippen LogP contribution in [0.4, 0.5) is 26.3 Å². The Labute approximate surface area is 92.0 Å². The van der Waals surface area contributed by atoms with Gasteiger partial charge >= 0.3 is 19.9 Å². The van der Waals surface area contributed by atoms with Gasteiger partial charge in [0.1, 0.15) is 0 Å². The summed E-state index contributed by atoms with van der Waals surface area (Å²) in [6.07, 6.45) is 0. The van der Waals surface area contributed by atoms with E-state index in [1.807, 2.05) is 0 Å². The second-order valence-corrected chi connectivity index (χ2v) is 12.5. The third kappa shape index (κ3) is 3.23. The van der Waals surface area contributed by atoms with E-state index in [0.29, 0.717) is 0 Å². The molecule has 0 unspecified atom stereocenters. The molecule has 0 saturated carbocycles. The highest BCUT2D eigenvalue weighted by Crippen LogP contribution is 2.43. The van der Waals surface area contributed by atoms with Gasteiger partial charge in [-0.1, -0.05) is 6.92 Å². The van der Waals surface area contributed by atoms with Gasteiger partial charge in [-0.15, -0.1) is 0 Å². The molecule has 0 aliphatic carbocycles. The van der Waals surface area contributed by atoms with E-state index in [9.17, 15) is 26.3 Å². The standard InChI is InChI=1S/C7H14F6OSi2/c1-5-15(2,3)14-16(4,6(8,9)10)7(11,12)13/h5H2,1-4H3. The highest BCUT2D eigenvalue weighted by molar-refractivity contribution is 6.87. The Hall–Kier alpha value is -0.0262. The van der Waals surface area contributed by atoms with Crippen molar-refractivity contribution in [3.8, 4) is 0 Å². The molecule has 0 radical (unpaired) electrons. The molecule has 0 fully saturated rings. The largest absolute Gasteiger partial charge is 0.444 e. The van der Waals surface area contributed by atoms with Gasteiger partial charge in [0.2, 0.25) is 0 Å². The number of hydrogen-bond donors (Lipinski definition) is 0. The van der Waals surface area contributed by atoms with Crippen molar-refractivity contribution in [1.82, 2.24) is 0 Å². The SMILES string of the molecule is CC[Si](C)(C)O[Si](C)(C(F)(F)F)C(F)(F)F. The van der Waals surface area contributed by atoms with Crippen molar-refractivity contribution in [2.75, 3.05) is 0 Å². The van der Waals surface area contributed by atoms with Crippen LogP contribution in [0.25, 0.3) is 0 Å². The van der Waals surface area contributed by atoms with Gasteiger partial charge < -0.3 is 4.12 Å². The van der Waals surface area contributed by atoms with Gasteiger partial charge in [-0.2, -0.15) is 26.3 Å². The summed E-state index contributed by atoms with van der Waals surface area (Å²) in [5.74, 6) is -10.7. The first kappa shape index (κ1) is 16.0. The van der Waals surface area contributed by atoms with Crippen molar-refractivity contribution < 1.29 is 30.5 Å². The summed E-state index contributed by atoms with van der Waals surface area (Å²) < 4.78 is 79.6. The predicted octanol–water partition coefficient (Wildman–Crippen LogP) is 4.01. The molecule has 0 amide bonds. The van der Waals surface area contributed by atoms with Crippen LogP contribution in [0, 0.1) is 0 Å². The van der Waals surface area contributed by atoms with Crippen molar-refractivity contribution in [3.05, 3.63) is 0 Å². The monoisotopic (exact) mass is 284 g/mol. The topological polar surface area (TPSA) is 9.23 Å². The first-order chi connectivity index (χ1) is 6.77. The second-order valence-electron chi connectivity index (χ2n) is 4.24. The lowest BCUT2D eigenvalue weighted by atomic mass is 11.0. The maximum atomic E-state index is 12.5. The van der Waals surface area contributed by atoms with Gasteiger partial charge in [0.15, 0.2) is 8.32 Å². The molecule has 0 aromatic carbocycles. The zero-order valence-corrected chi connectivity index (χ0v) is 11.4. The van der Waals surface area contributed by atoms with E-state index in [1.165, 1.54) is 20.0 Å². The van der Waals surface area contributed by atoms with Crippen LogP contribution in [0.1, 0.15) is 6.92 Å². The zero-order chi connectivity index (χ0) is 13.4. The molecule has 9 heteroatoms. The normalized spacial score (nSPS) is 15.4. The quantitative estimate of drug-likeness (QED) is 0.562. The van der Waals surface area contributed by atoms with Crippen LogP contribution in [0.5, 0.6) is 0 Å². The van der Waals surface area contributed by atoms with E-state index in [1.54, 1.807) is 0 Å². The van der Waals surface area contributed by atoms with E-state index in [-0.39, 0.29) is 12.6 Å². The molecule has 0 aromatic rings. The third-order valence-corrected chi connectivity index (χ3v) is 10.1. The van der Waals surface area contributed by atoms with E-state index in [2.05, 4.69) is 4.12 Å². The Balaban J connectivity index is 5.30. The Morgan fingerprint density at radius 2 is 1.19 bits per heavy atom. The molecular formula is C7H14F6OSi2. The molecule has 0 aromatic heterocycles. The summed E-state index contributed by atoms with van der Waals surface area (Å²) >= 11 is 0. The fourth-order valence-corrected chi connectivity index (χ4v) is 7.15. The maximum absolute atomic E-state index is 12.5. The summed E-state index contributed by atoms with van der Waals surface area (Å²) in [6, 6.07) is 0.210. The lowest BCUT2D eigenvalue weighted by molar-refractivity contribution is -0.129. The number of halogens is 6. The van der Waals surface area contributed by atoms with Crippen LogP contribution in [-0.2, 0) is 4.12 Å². The van der Waals surface area contributed by atoms with E-state index < -0.39 is 28.2 Å². The minimum absolute atomic E-state index is 0.178. The maximum Gasteiger partial charge on any atom is 0.421 e. The van der Waals surface area contributed by atoms with Gasteiger partial charge in [-0.05, 0) is 25.7 Å². The van der Waals surface area contributed by atoms with Crippen molar-refractivity contribution in [1.29, 1.82) is 0 Å². The summed E-state index contributed by atoms with van der Waals surface area (Å²) in [6.45, 7) is 4.43. The molecule has 0 bridgehead atoms. The second kappa shape index (κ2) is 4.33. The third-order valence-electron chi connectivity index (χ3n) is 2.41. The van der Waals surface area contributed by atoms with E-state index in [4.69, 9.17) is 0 Å². The minimum Gasteiger partial charge on any atom is -0.444 e. The summed E-state index contributed by atoms with van der Waals surface area (Å²) in [5.41, 5.74) is 0. The van der Waals surface area contributed by atoms with E-state index in [0.717, 1.165) is 0 Å². The lowest BCUT2D eigenvalue weighted by Gasteiger charge is -2.37. The molecule has 0 spiro atoms. The number of rotatable bonds is 3. The Morgan fingerprint density at radius 3 is 1.38 bits per heavy atom. The summed E-state index contributed by atoms with van der Waals surface area (Å²) in [7, 11) is -8.66. The number of hydrogen-bond acceptors (Lipinski definition) is 1. The van der Waals surface area contributed by atoms with Gasteiger partial charge in [0.05, 0.1) is 0 Å². The van der Waals surface area contributed by atoms with Crippen molar-refractivity contribution in [3.63, 3.8) is 0 Å². The molecule has 0 rings (SSSR count). The Kier molecular flexibility index (Phi) is 4.33. The fourth-order valence-electron chi connectivity index (χ4n) is 0.901. The molecule has 16 heavy (non-hydrogen) atoms. The van der Waals surface area contributed by atoms with Crippen LogP contribution in [-0.4, -0.2) is 28.2 Å². The fraction of sp³-hybridized carbons (Fsp3) is 1.00.